The van der Waals surface area contributed by atoms with E-state index in [2.05, 4.69) is 10.3 Å². The third-order valence-electron chi connectivity index (χ3n) is 5.13. The number of aromatic nitrogens is 1. The van der Waals surface area contributed by atoms with E-state index in [-0.39, 0.29) is 17.1 Å². The zero-order valence-corrected chi connectivity index (χ0v) is 16.3. The average molecular weight is 408 g/mol. The van der Waals surface area contributed by atoms with Crippen molar-refractivity contribution in [1.29, 1.82) is 0 Å². The number of pyridine rings is 1. The van der Waals surface area contributed by atoms with E-state index in [9.17, 15) is 23.1 Å². The van der Waals surface area contributed by atoms with Crippen LogP contribution in [0, 0.1) is 0 Å². The van der Waals surface area contributed by atoms with Gasteiger partial charge < -0.3 is 19.7 Å². The van der Waals surface area contributed by atoms with Gasteiger partial charge in [0.2, 0.25) is 0 Å². The maximum atomic E-state index is 12.8. The number of phenolic OH excluding ortho intramolecular Hbond substituents is 1. The lowest BCUT2D eigenvalue weighted by Gasteiger charge is -2.32. The van der Waals surface area contributed by atoms with Crippen LogP contribution in [-0.2, 0) is 15.5 Å². The number of carbonyl (C=O) groups excluding carboxylic acids is 1. The lowest BCUT2D eigenvalue weighted by molar-refractivity contribution is -0.137. The smallest absolute Gasteiger partial charge is 0.498 e. The lowest BCUT2D eigenvalue weighted by Crippen LogP contribution is -2.41. The maximum Gasteiger partial charge on any atom is 0.498 e. The summed E-state index contributed by atoms with van der Waals surface area (Å²) >= 11 is 0. The third-order valence-corrected chi connectivity index (χ3v) is 5.13. The van der Waals surface area contributed by atoms with Crippen molar-refractivity contribution in [2.75, 3.05) is 5.32 Å². The van der Waals surface area contributed by atoms with Gasteiger partial charge in [0.25, 0.3) is 5.91 Å². The Morgan fingerprint density at radius 1 is 1.10 bits per heavy atom. The number of alkyl halides is 3. The normalized spacial score (nSPS) is 18.0. The fourth-order valence-electron chi connectivity index (χ4n) is 2.72. The van der Waals surface area contributed by atoms with Crippen molar-refractivity contribution >= 4 is 24.3 Å². The summed E-state index contributed by atoms with van der Waals surface area (Å²) in [5.41, 5.74) is -1.74. The Hall–Kier alpha value is -2.59. The summed E-state index contributed by atoms with van der Waals surface area (Å²) in [6.07, 6.45) is -3.59. The third kappa shape index (κ3) is 4.23. The first-order valence-corrected chi connectivity index (χ1v) is 8.83. The molecule has 0 atom stereocenters. The highest BCUT2D eigenvalue weighted by molar-refractivity contribution is 6.63. The Balaban J connectivity index is 1.78. The van der Waals surface area contributed by atoms with Gasteiger partial charge in [0, 0.05) is 17.2 Å². The number of amides is 1. The number of halogens is 3. The predicted molar refractivity (Wildman–Crippen MR) is 101 cm³/mol. The first kappa shape index (κ1) is 21.1. The summed E-state index contributed by atoms with van der Waals surface area (Å²) in [6, 6.07) is 5.63. The van der Waals surface area contributed by atoms with Gasteiger partial charge in [-0.05, 0) is 52.0 Å². The van der Waals surface area contributed by atoms with E-state index in [0.717, 1.165) is 18.3 Å². The molecule has 1 saturated heterocycles. The average Bonchev–Trinajstić information content (AvgIpc) is 2.81. The first-order chi connectivity index (χ1) is 13.3. The van der Waals surface area contributed by atoms with Gasteiger partial charge in [0.05, 0.1) is 16.8 Å². The van der Waals surface area contributed by atoms with E-state index in [4.69, 9.17) is 9.31 Å². The van der Waals surface area contributed by atoms with Crippen molar-refractivity contribution in [1.82, 2.24) is 4.98 Å². The summed E-state index contributed by atoms with van der Waals surface area (Å²) in [5, 5.41) is 12.6. The summed E-state index contributed by atoms with van der Waals surface area (Å²) in [5.74, 6) is -1.19. The van der Waals surface area contributed by atoms with Crippen LogP contribution < -0.4 is 10.8 Å². The molecule has 0 radical (unpaired) electrons. The minimum absolute atomic E-state index is 0.0435. The van der Waals surface area contributed by atoms with Gasteiger partial charge in [-0.1, -0.05) is 6.07 Å². The lowest BCUT2D eigenvalue weighted by atomic mass is 9.78. The van der Waals surface area contributed by atoms with Crippen LogP contribution in [0.15, 0.2) is 36.5 Å². The molecule has 1 aliphatic heterocycles. The van der Waals surface area contributed by atoms with Gasteiger partial charge in [-0.2, -0.15) is 13.2 Å². The van der Waals surface area contributed by atoms with E-state index in [1.807, 2.05) is 27.7 Å². The molecule has 0 saturated carbocycles. The number of anilines is 1. The molecular formula is C19H20BF3N2O4. The highest BCUT2D eigenvalue weighted by atomic mass is 19.4. The molecule has 6 nitrogen and oxygen atoms in total. The molecule has 154 valence electrons. The number of phenols is 1. The second-order valence-corrected chi connectivity index (χ2v) is 7.74. The molecule has 0 aliphatic carbocycles. The van der Waals surface area contributed by atoms with Crippen molar-refractivity contribution in [3.05, 3.63) is 47.7 Å². The number of benzene rings is 1. The number of rotatable bonds is 3. The van der Waals surface area contributed by atoms with Crippen LogP contribution in [0.3, 0.4) is 0 Å². The number of aromatic hydroxyl groups is 1. The van der Waals surface area contributed by atoms with Crippen molar-refractivity contribution in [3.8, 4) is 5.75 Å². The molecule has 2 aromatic rings. The van der Waals surface area contributed by atoms with Crippen LogP contribution in [0.5, 0.6) is 5.75 Å². The molecule has 3 rings (SSSR count). The molecule has 2 heterocycles. The van der Waals surface area contributed by atoms with Crippen LogP contribution in [0.2, 0.25) is 0 Å². The van der Waals surface area contributed by atoms with E-state index in [1.165, 1.54) is 18.2 Å². The molecule has 0 bridgehead atoms. The number of nitrogens with one attached hydrogen (secondary N) is 1. The minimum Gasteiger partial charge on any atom is -0.508 e. The van der Waals surface area contributed by atoms with Gasteiger partial charge in [0.15, 0.2) is 0 Å². The van der Waals surface area contributed by atoms with Crippen LogP contribution in [0.25, 0.3) is 0 Å². The Bertz CT molecular complexity index is 931. The van der Waals surface area contributed by atoms with Crippen molar-refractivity contribution in [2.45, 2.75) is 45.1 Å². The zero-order valence-electron chi connectivity index (χ0n) is 16.3. The second-order valence-electron chi connectivity index (χ2n) is 7.74. The molecular weight excluding hydrogens is 388 g/mol. The van der Waals surface area contributed by atoms with Crippen molar-refractivity contribution in [3.63, 3.8) is 0 Å². The van der Waals surface area contributed by atoms with Crippen LogP contribution in [0.4, 0.5) is 19.0 Å². The van der Waals surface area contributed by atoms with Gasteiger partial charge in [0.1, 0.15) is 11.6 Å². The highest BCUT2D eigenvalue weighted by Gasteiger charge is 2.52. The Labute approximate surface area is 166 Å². The van der Waals surface area contributed by atoms with Crippen molar-refractivity contribution < 1.29 is 32.4 Å². The molecule has 1 fully saturated rings. The number of carbonyl (C=O) groups is 1. The fourth-order valence-corrected chi connectivity index (χ4v) is 2.72. The maximum absolute atomic E-state index is 12.8. The largest absolute Gasteiger partial charge is 0.508 e. The number of nitrogens with zero attached hydrogens (tertiary/aromatic N) is 1. The van der Waals surface area contributed by atoms with Gasteiger partial charge >= 0.3 is 13.3 Å². The van der Waals surface area contributed by atoms with Crippen molar-refractivity contribution in [2.24, 2.45) is 0 Å². The molecule has 2 N–H and O–H groups in total. The standard InChI is InChI=1S/C19H20BF3N2O4/c1-17(2)18(3,4)29-20(28-17)13-6-5-11(9-14(13)26)16(27)25-15-10-12(7-8-24-15)19(21,22)23/h5-10,26H,1-4H3,(H,24,25,27). The quantitative estimate of drug-likeness (QED) is 0.762. The van der Waals surface area contributed by atoms with E-state index in [1.54, 1.807) is 0 Å². The molecule has 0 spiro atoms. The monoisotopic (exact) mass is 408 g/mol. The highest BCUT2D eigenvalue weighted by Crippen LogP contribution is 2.37. The van der Waals surface area contributed by atoms with E-state index < -0.39 is 36.0 Å². The number of hydrogen-bond acceptors (Lipinski definition) is 5. The fraction of sp³-hybridized carbons (Fsp3) is 0.368. The van der Waals surface area contributed by atoms with Gasteiger partial charge in [-0.15, -0.1) is 0 Å². The topological polar surface area (TPSA) is 80.7 Å². The molecule has 0 unspecified atom stereocenters. The molecule has 1 aromatic carbocycles. The molecule has 1 aliphatic rings. The summed E-state index contributed by atoms with van der Waals surface area (Å²) < 4.78 is 50.1. The van der Waals surface area contributed by atoms with Crippen LogP contribution >= 0.6 is 0 Å². The van der Waals surface area contributed by atoms with Crippen LogP contribution in [-0.4, -0.2) is 34.3 Å². The molecule has 10 heteroatoms. The minimum atomic E-state index is -4.55. The Kier molecular flexibility index (Phi) is 5.12. The first-order valence-electron chi connectivity index (χ1n) is 8.83. The Morgan fingerprint density at radius 2 is 1.72 bits per heavy atom. The van der Waals surface area contributed by atoms with Crippen LogP contribution in [0.1, 0.15) is 43.6 Å². The van der Waals surface area contributed by atoms with Gasteiger partial charge in [-0.25, -0.2) is 4.98 Å². The molecule has 29 heavy (non-hydrogen) atoms. The van der Waals surface area contributed by atoms with E-state index >= 15 is 0 Å². The molecule has 1 aromatic heterocycles. The SMILES string of the molecule is CC1(C)OB(c2ccc(C(=O)Nc3cc(C(F)(F)F)ccn3)cc2O)OC1(C)C. The second kappa shape index (κ2) is 7.03. The predicted octanol–water partition coefficient (Wildman–Crippen LogP) is 3.36. The van der Waals surface area contributed by atoms with Gasteiger partial charge in [-0.3, -0.25) is 4.79 Å². The Morgan fingerprint density at radius 3 is 2.28 bits per heavy atom. The molecule has 1 amide bonds. The zero-order chi connectivity index (χ0) is 21.6. The summed E-state index contributed by atoms with van der Waals surface area (Å²) in [4.78, 5) is 16.1. The number of hydrogen-bond donors (Lipinski definition) is 2. The summed E-state index contributed by atoms with van der Waals surface area (Å²) in [7, 11) is -0.817. The van der Waals surface area contributed by atoms with E-state index in [0.29, 0.717) is 5.46 Å². The summed E-state index contributed by atoms with van der Waals surface area (Å²) in [6.45, 7) is 7.48.